The molecule has 1 fully saturated rings. The van der Waals surface area contributed by atoms with Gasteiger partial charge < -0.3 is 10.1 Å². The van der Waals surface area contributed by atoms with Gasteiger partial charge in [-0.1, -0.05) is 31.2 Å². The fraction of sp³-hybridized carbons (Fsp3) is 0.667. The van der Waals surface area contributed by atoms with Gasteiger partial charge >= 0.3 is 0 Å². The molecular weight excluding hydrogens is 260 g/mol. The van der Waals surface area contributed by atoms with Gasteiger partial charge in [0.15, 0.2) is 0 Å². The Labute approximate surface area is 129 Å². The van der Waals surface area contributed by atoms with E-state index in [0.717, 1.165) is 12.5 Å². The van der Waals surface area contributed by atoms with Gasteiger partial charge in [0, 0.05) is 20.2 Å². The lowest BCUT2D eigenvalue weighted by atomic mass is 9.98. The number of hydrogen-bond acceptors (Lipinski definition) is 3. The lowest BCUT2D eigenvalue weighted by Crippen LogP contribution is -2.38. The van der Waals surface area contributed by atoms with Crippen LogP contribution in [0.25, 0.3) is 0 Å². The Bertz CT molecular complexity index is 402. The maximum Gasteiger partial charge on any atom is 0.0716 e. The summed E-state index contributed by atoms with van der Waals surface area (Å²) < 4.78 is 5.33. The predicted molar refractivity (Wildman–Crippen MR) is 88.3 cm³/mol. The highest BCUT2D eigenvalue weighted by molar-refractivity contribution is 5.26. The van der Waals surface area contributed by atoms with Crippen LogP contribution in [-0.4, -0.2) is 38.2 Å². The van der Waals surface area contributed by atoms with E-state index in [2.05, 4.69) is 41.4 Å². The predicted octanol–water partition coefficient (Wildman–Crippen LogP) is 3.04. The normalized spacial score (nSPS) is 19.1. The van der Waals surface area contributed by atoms with Gasteiger partial charge in [0.05, 0.1) is 6.61 Å². The zero-order valence-corrected chi connectivity index (χ0v) is 13.6. The molecule has 1 aromatic carbocycles. The molecule has 0 spiro atoms. The molecule has 1 aliphatic rings. The van der Waals surface area contributed by atoms with Crippen LogP contribution < -0.4 is 5.32 Å². The lowest BCUT2D eigenvalue weighted by molar-refractivity contribution is 0.178. The smallest absolute Gasteiger partial charge is 0.0716 e. The van der Waals surface area contributed by atoms with Gasteiger partial charge in [0.1, 0.15) is 0 Å². The highest BCUT2D eigenvalue weighted by Crippen LogP contribution is 2.17. The largest absolute Gasteiger partial charge is 0.380 e. The van der Waals surface area contributed by atoms with E-state index in [4.69, 9.17) is 4.74 Å². The molecular formula is C18H30N2O. The zero-order chi connectivity index (χ0) is 14.9. The summed E-state index contributed by atoms with van der Waals surface area (Å²) in [6.45, 7) is 8.79. The van der Waals surface area contributed by atoms with Crippen LogP contribution in [0.1, 0.15) is 37.3 Å². The Morgan fingerprint density at radius 2 is 2.10 bits per heavy atom. The van der Waals surface area contributed by atoms with Crippen molar-refractivity contribution in [3.8, 4) is 0 Å². The summed E-state index contributed by atoms with van der Waals surface area (Å²) >= 11 is 0. The molecule has 1 heterocycles. The van der Waals surface area contributed by atoms with Crippen molar-refractivity contribution in [3.05, 3.63) is 35.4 Å². The maximum absolute atomic E-state index is 5.33. The standard InChI is InChI=1S/C18H30N2O/c1-3-11-20(13-16-7-6-10-19-12-16)14-17-8-4-5-9-18(17)15-21-2/h4-5,8-9,16,19H,3,6-7,10-15H2,1-2H3. The molecule has 0 aromatic heterocycles. The first-order valence-corrected chi connectivity index (χ1v) is 8.32. The number of rotatable bonds is 8. The fourth-order valence-corrected chi connectivity index (χ4v) is 3.25. The van der Waals surface area contributed by atoms with Crippen LogP contribution in [0.15, 0.2) is 24.3 Å². The quantitative estimate of drug-likeness (QED) is 0.796. The molecule has 0 amide bonds. The van der Waals surface area contributed by atoms with E-state index < -0.39 is 0 Å². The molecule has 0 bridgehead atoms. The summed E-state index contributed by atoms with van der Waals surface area (Å²) in [6.07, 6.45) is 3.91. The van der Waals surface area contributed by atoms with E-state index in [1.807, 2.05) is 0 Å². The monoisotopic (exact) mass is 290 g/mol. The van der Waals surface area contributed by atoms with Gasteiger partial charge in [0.2, 0.25) is 0 Å². The summed E-state index contributed by atoms with van der Waals surface area (Å²) in [4.78, 5) is 2.62. The van der Waals surface area contributed by atoms with E-state index in [9.17, 15) is 0 Å². The number of nitrogens with one attached hydrogen (secondary N) is 1. The third-order valence-corrected chi connectivity index (χ3v) is 4.27. The van der Waals surface area contributed by atoms with Crippen LogP contribution in [0, 0.1) is 5.92 Å². The van der Waals surface area contributed by atoms with Crippen LogP contribution in [0.5, 0.6) is 0 Å². The second kappa shape index (κ2) is 9.19. The molecule has 3 nitrogen and oxygen atoms in total. The molecule has 2 rings (SSSR count). The molecule has 0 saturated carbocycles. The van der Waals surface area contributed by atoms with E-state index in [-0.39, 0.29) is 0 Å². The van der Waals surface area contributed by atoms with Crippen LogP contribution in [0.4, 0.5) is 0 Å². The van der Waals surface area contributed by atoms with Crippen LogP contribution >= 0.6 is 0 Å². The van der Waals surface area contributed by atoms with Crippen LogP contribution in [0.2, 0.25) is 0 Å². The average molecular weight is 290 g/mol. The molecule has 3 heteroatoms. The van der Waals surface area contributed by atoms with Crippen molar-refractivity contribution >= 4 is 0 Å². The number of benzene rings is 1. The van der Waals surface area contributed by atoms with E-state index in [1.54, 1.807) is 7.11 Å². The Morgan fingerprint density at radius 1 is 1.29 bits per heavy atom. The highest BCUT2D eigenvalue weighted by atomic mass is 16.5. The molecule has 0 aliphatic carbocycles. The lowest BCUT2D eigenvalue weighted by Gasteiger charge is -2.30. The molecule has 1 unspecified atom stereocenters. The molecule has 1 N–H and O–H groups in total. The fourth-order valence-electron chi connectivity index (χ4n) is 3.25. The Kier molecular flexibility index (Phi) is 7.20. The van der Waals surface area contributed by atoms with Crippen molar-refractivity contribution in [2.24, 2.45) is 5.92 Å². The van der Waals surface area contributed by atoms with Crippen molar-refractivity contribution in [1.82, 2.24) is 10.2 Å². The SMILES string of the molecule is CCCN(Cc1ccccc1COC)CC1CCCNC1. The second-order valence-corrected chi connectivity index (χ2v) is 6.15. The average Bonchev–Trinajstić information content (AvgIpc) is 2.51. The minimum atomic E-state index is 0.709. The molecule has 118 valence electrons. The summed E-state index contributed by atoms with van der Waals surface area (Å²) in [6, 6.07) is 8.68. The van der Waals surface area contributed by atoms with E-state index in [1.165, 1.54) is 56.6 Å². The first-order chi connectivity index (χ1) is 10.3. The number of hydrogen-bond donors (Lipinski definition) is 1. The molecule has 0 radical (unpaired) electrons. The number of nitrogens with zero attached hydrogens (tertiary/aromatic N) is 1. The third-order valence-electron chi connectivity index (χ3n) is 4.27. The summed E-state index contributed by atoms with van der Waals surface area (Å²) in [5.74, 6) is 0.805. The molecule has 1 saturated heterocycles. The van der Waals surface area contributed by atoms with Crippen LogP contribution in [-0.2, 0) is 17.9 Å². The Balaban J connectivity index is 1.97. The van der Waals surface area contributed by atoms with E-state index >= 15 is 0 Å². The first-order valence-electron chi connectivity index (χ1n) is 8.32. The summed E-state index contributed by atoms with van der Waals surface area (Å²) in [7, 11) is 1.77. The van der Waals surface area contributed by atoms with Gasteiger partial charge in [-0.3, -0.25) is 4.90 Å². The molecule has 21 heavy (non-hydrogen) atoms. The first kappa shape index (κ1) is 16.5. The number of piperidine rings is 1. The number of methoxy groups -OCH3 is 1. The summed E-state index contributed by atoms with van der Waals surface area (Å²) in [5.41, 5.74) is 2.74. The topological polar surface area (TPSA) is 24.5 Å². The summed E-state index contributed by atoms with van der Waals surface area (Å²) in [5, 5.41) is 3.53. The maximum atomic E-state index is 5.33. The van der Waals surface area contributed by atoms with Crippen molar-refractivity contribution < 1.29 is 4.74 Å². The van der Waals surface area contributed by atoms with Crippen molar-refractivity contribution in [1.29, 1.82) is 0 Å². The van der Waals surface area contributed by atoms with Crippen molar-refractivity contribution in [3.63, 3.8) is 0 Å². The molecule has 1 atom stereocenters. The van der Waals surface area contributed by atoms with Gasteiger partial charge in [-0.15, -0.1) is 0 Å². The minimum absolute atomic E-state index is 0.709. The highest BCUT2D eigenvalue weighted by Gasteiger charge is 2.17. The molecule has 1 aromatic rings. The van der Waals surface area contributed by atoms with Gasteiger partial charge in [-0.25, -0.2) is 0 Å². The second-order valence-electron chi connectivity index (χ2n) is 6.15. The van der Waals surface area contributed by atoms with E-state index in [0.29, 0.717) is 6.61 Å². The van der Waals surface area contributed by atoms with Crippen molar-refractivity contribution in [2.45, 2.75) is 39.3 Å². The number of ether oxygens (including phenoxy) is 1. The Hall–Kier alpha value is -0.900. The Morgan fingerprint density at radius 3 is 2.76 bits per heavy atom. The van der Waals surface area contributed by atoms with Gasteiger partial charge in [0.25, 0.3) is 0 Å². The zero-order valence-electron chi connectivity index (χ0n) is 13.6. The third kappa shape index (κ3) is 5.42. The van der Waals surface area contributed by atoms with Crippen LogP contribution in [0.3, 0.4) is 0 Å². The van der Waals surface area contributed by atoms with Gasteiger partial charge in [-0.05, 0) is 55.9 Å². The molecule has 1 aliphatic heterocycles. The van der Waals surface area contributed by atoms with Crippen molar-refractivity contribution in [2.75, 3.05) is 33.3 Å². The minimum Gasteiger partial charge on any atom is -0.380 e. The van der Waals surface area contributed by atoms with Gasteiger partial charge in [-0.2, -0.15) is 0 Å².